The second-order valence-corrected chi connectivity index (χ2v) is 6.74. The molecule has 0 aliphatic heterocycles. The van der Waals surface area contributed by atoms with Crippen LogP contribution in [0.25, 0.3) is 0 Å². The Morgan fingerprint density at radius 2 is 1.87 bits per heavy atom. The molecule has 1 atom stereocenters. The maximum atomic E-state index is 10.2. The minimum atomic E-state index is -2.63. The fraction of sp³-hybridized carbons (Fsp3) is 0.500. The van der Waals surface area contributed by atoms with Crippen LogP contribution in [0.2, 0.25) is 6.55 Å². The van der Waals surface area contributed by atoms with Gasteiger partial charge < -0.3 is 9.22 Å². The van der Waals surface area contributed by atoms with Crippen LogP contribution in [0.5, 0.6) is 0 Å². The molecule has 1 rings (SSSR count). The highest BCUT2D eigenvalue weighted by Crippen LogP contribution is 2.04. The van der Waals surface area contributed by atoms with Crippen molar-refractivity contribution in [3.05, 3.63) is 30.3 Å². The van der Waals surface area contributed by atoms with Gasteiger partial charge in [0.05, 0.1) is 0 Å². The van der Waals surface area contributed by atoms with E-state index in [9.17, 15) is 4.80 Å². The van der Waals surface area contributed by atoms with Crippen molar-refractivity contribution in [2.45, 2.75) is 32.7 Å². The summed E-state index contributed by atoms with van der Waals surface area (Å²) in [5.74, 6) is 0. The number of rotatable bonds is 6. The van der Waals surface area contributed by atoms with Gasteiger partial charge in [-0.05, 0) is 18.2 Å². The van der Waals surface area contributed by atoms with Gasteiger partial charge in [0.2, 0.25) is 0 Å². The van der Waals surface area contributed by atoms with Crippen molar-refractivity contribution in [2.24, 2.45) is 0 Å². The van der Waals surface area contributed by atoms with E-state index < -0.39 is 8.56 Å². The number of hydrogen-bond acceptors (Lipinski definition) is 2. The summed E-state index contributed by atoms with van der Waals surface area (Å²) in [5.41, 5.74) is 0. The lowest BCUT2D eigenvalue weighted by molar-refractivity contribution is 0.241. The Bertz CT molecular complexity index is 272. The molecule has 15 heavy (non-hydrogen) atoms. The van der Waals surface area contributed by atoms with Crippen molar-refractivity contribution < 1.29 is 9.22 Å². The second kappa shape index (κ2) is 6.05. The van der Waals surface area contributed by atoms with Gasteiger partial charge in [-0.3, -0.25) is 0 Å². The van der Waals surface area contributed by atoms with Gasteiger partial charge in [-0.15, -0.1) is 0 Å². The molecule has 0 aliphatic rings. The Morgan fingerprint density at radius 1 is 1.20 bits per heavy atom. The van der Waals surface area contributed by atoms with Gasteiger partial charge >= 0.3 is 8.56 Å². The van der Waals surface area contributed by atoms with Crippen LogP contribution in [0.3, 0.4) is 0 Å². The van der Waals surface area contributed by atoms with Gasteiger partial charge in [0.25, 0.3) is 0 Å². The third-order valence-electron chi connectivity index (χ3n) is 2.44. The van der Waals surface area contributed by atoms with Crippen LogP contribution in [0.4, 0.5) is 0 Å². The molecule has 3 heteroatoms. The van der Waals surface area contributed by atoms with E-state index >= 15 is 0 Å². The van der Waals surface area contributed by atoms with E-state index in [2.05, 4.69) is 6.92 Å². The highest BCUT2D eigenvalue weighted by molar-refractivity contribution is 6.78. The molecule has 0 amide bonds. The Balaban J connectivity index is 2.45. The molecule has 0 saturated carbocycles. The lowest BCUT2D eigenvalue weighted by Gasteiger charge is -2.20. The van der Waals surface area contributed by atoms with Crippen molar-refractivity contribution in [2.75, 3.05) is 6.61 Å². The van der Waals surface area contributed by atoms with Gasteiger partial charge in [0.1, 0.15) is 0 Å². The van der Waals surface area contributed by atoms with Gasteiger partial charge in [0.15, 0.2) is 0 Å². The lowest BCUT2D eigenvalue weighted by Crippen LogP contribution is -2.48. The van der Waals surface area contributed by atoms with Crippen LogP contribution < -0.4 is 5.19 Å². The summed E-state index contributed by atoms with van der Waals surface area (Å²) < 4.78 is 5.61. The zero-order valence-electron chi connectivity index (χ0n) is 9.57. The van der Waals surface area contributed by atoms with Crippen LogP contribution in [-0.2, 0) is 4.43 Å². The summed E-state index contributed by atoms with van der Waals surface area (Å²) in [6.07, 6.45) is 3.38. The Labute approximate surface area is 93.2 Å². The monoisotopic (exact) mass is 224 g/mol. The third kappa shape index (κ3) is 4.16. The fourth-order valence-electron chi connectivity index (χ4n) is 1.45. The van der Waals surface area contributed by atoms with Crippen molar-refractivity contribution in [1.29, 1.82) is 0 Å². The van der Waals surface area contributed by atoms with Crippen molar-refractivity contribution in [3.63, 3.8) is 0 Å². The molecule has 0 aliphatic carbocycles. The van der Waals surface area contributed by atoms with Gasteiger partial charge in [0, 0.05) is 6.61 Å². The largest absolute Gasteiger partial charge is 0.407 e. The smallest absolute Gasteiger partial charge is 0.366 e. The maximum absolute atomic E-state index is 10.2. The predicted molar refractivity (Wildman–Crippen MR) is 65.4 cm³/mol. The Hall–Kier alpha value is -0.643. The summed E-state index contributed by atoms with van der Waals surface area (Å²) in [4.78, 5) is 10.2. The zero-order chi connectivity index (χ0) is 11.1. The van der Waals surface area contributed by atoms with E-state index in [1.54, 1.807) is 0 Å². The van der Waals surface area contributed by atoms with Crippen molar-refractivity contribution in [1.82, 2.24) is 0 Å². The minimum Gasteiger partial charge on any atom is -0.407 e. The summed E-state index contributed by atoms with van der Waals surface area (Å²) in [6, 6.07) is 9.70. The molecular formula is C12H20O2Si. The Morgan fingerprint density at radius 3 is 2.47 bits per heavy atom. The quantitative estimate of drug-likeness (QED) is 0.593. The molecule has 0 fully saturated rings. The molecule has 0 radical (unpaired) electrons. The molecule has 0 saturated heterocycles. The first-order valence-corrected chi connectivity index (χ1v) is 7.94. The van der Waals surface area contributed by atoms with E-state index in [0.29, 0.717) is 6.61 Å². The average molecular weight is 224 g/mol. The van der Waals surface area contributed by atoms with Gasteiger partial charge in [-0.1, -0.05) is 50.1 Å². The summed E-state index contributed by atoms with van der Waals surface area (Å²) in [6.45, 7) is 4.66. The maximum Gasteiger partial charge on any atom is 0.366 e. The molecule has 1 N–H and O–H groups in total. The highest BCUT2D eigenvalue weighted by atomic mass is 28.4. The first-order chi connectivity index (χ1) is 7.17. The van der Waals surface area contributed by atoms with Crippen LogP contribution in [0.1, 0.15) is 26.2 Å². The zero-order valence-corrected chi connectivity index (χ0v) is 10.6. The molecule has 0 heterocycles. The van der Waals surface area contributed by atoms with Crippen molar-refractivity contribution >= 4 is 13.7 Å². The van der Waals surface area contributed by atoms with E-state index in [1.165, 1.54) is 12.8 Å². The van der Waals surface area contributed by atoms with E-state index in [1.807, 2.05) is 36.9 Å². The molecule has 84 valence electrons. The average Bonchev–Trinajstić information content (AvgIpc) is 2.26. The molecule has 2 nitrogen and oxygen atoms in total. The first-order valence-electron chi connectivity index (χ1n) is 5.58. The molecular weight excluding hydrogens is 204 g/mol. The lowest BCUT2D eigenvalue weighted by atomic mass is 10.3. The van der Waals surface area contributed by atoms with Gasteiger partial charge in [-0.25, -0.2) is 0 Å². The van der Waals surface area contributed by atoms with Crippen molar-refractivity contribution in [3.8, 4) is 0 Å². The standard InChI is InChI=1S/C12H20O2Si/c1-3-4-8-11-14-15(2,13)12-9-6-5-7-10-12/h5-7,9-10,13H,3-4,8,11H2,1-2H3. The third-order valence-corrected chi connectivity index (χ3v) is 4.61. The molecule has 0 bridgehead atoms. The normalized spacial score (nSPS) is 14.9. The van der Waals surface area contributed by atoms with E-state index in [4.69, 9.17) is 4.43 Å². The molecule has 1 aromatic carbocycles. The molecule has 0 spiro atoms. The Kier molecular flexibility index (Phi) is 5.01. The minimum absolute atomic E-state index is 0.669. The van der Waals surface area contributed by atoms with Crippen LogP contribution in [-0.4, -0.2) is 20.0 Å². The highest BCUT2D eigenvalue weighted by Gasteiger charge is 2.28. The number of benzene rings is 1. The van der Waals surface area contributed by atoms with E-state index in [-0.39, 0.29) is 0 Å². The molecule has 1 unspecified atom stereocenters. The van der Waals surface area contributed by atoms with Crippen LogP contribution in [0.15, 0.2) is 30.3 Å². The predicted octanol–water partition coefficient (Wildman–Crippen LogP) is 2.16. The van der Waals surface area contributed by atoms with E-state index in [0.717, 1.165) is 11.6 Å². The fourth-order valence-corrected chi connectivity index (χ4v) is 2.97. The summed E-state index contributed by atoms with van der Waals surface area (Å²) in [5, 5.41) is 0.946. The topological polar surface area (TPSA) is 29.5 Å². The second-order valence-electron chi connectivity index (χ2n) is 3.90. The van der Waals surface area contributed by atoms with Crippen LogP contribution >= 0.6 is 0 Å². The summed E-state index contributed by atoms with van der Waals surface area (Å²) >= 11 is 0. The van der Waals surface area contributed by atoms with Gasteiger partial charge in [-0.2, -0.15) is 0 Å². The van der Waals surface area contributed by atoms with Crippen LogP contribution in [0, 0.1) is 0 Å². The number of hydrogen-bond donors (Lipinski definition) is 1. The number of unbranched alkanes of at least 4 members (excludes halogenated alkanes) is 2. The first kappa shape index (κ1) is 12.4. The SMILES string of the molecule is CCCCCO[Si](C)(O)c1ccccc1. The summed E-state index contributed by atoms with van der Waals surface area (Å²) in [7, 11) is -2.63. The molecule has 0 aromatic heterocycles. The molecule has 1 aromatic rings.